The van der Waals surface area contributed by atoms with Crippen LogP contribution in [-0.4, -0.2) is 35.0 Å². The van der Waals surface area contributed by atoms with Crippen LogP contribution in [0.5, 0.6) is 0 Å². The number of piperidine rings is 1. The molecular weight excluding hydrogens is 383 g/mol. The monoisotopic (exact) mass is 403 g/mol. The minimum atomic E-state index is -2.62. The lowest BCUT2D eigenvalue weighted by Crippen LogP contribution is -2.40. The van der Waals surface area contributed by atoms with E-state index in [-0.39, 0.29) is 25.9 Å². The van der Waals surface area contributed by atoms with Crippen LogP contribution in [0.15, 0.2) is 36.7 Å². The number of halogens is 3. The van der Waals surface area contributed by atoms with E-state index < -0.39 is 17.8 Å². The molecule has 9 heteroatoms. The molecule has 1 aromatic carbocycles. The van der Waals surface area contributed by atoms with Gasteiger partial charge in [-0.1, -0.05) is 0 Å². The third-order valence-electron chi connectivity index (χ3n) is 4.99. The number of carbonyl (C=O) groups excluding carboxylic acids is 1. The first-order valence-electron chi connectivity index (χ1n) is 9.25. The number of urea groups is 1. The SMILES string of the molecule is Cc1cc(NC(=O)Nc2c[nH]c3ccc(F)cc23)cnc1N1CCC(F)(F)CC1. The zero-order valence-electron chi connectivity index (χ0n) is 15.7. The van der Waals surface area contributed by atoms with Gasteiger partial charge in [0.05, 0.1) is 17.6 Å². The highest BCUT2D eigenvalue weighted by Crippen LogP contribution is 2.31. The lowest BCUT2D eigenvalue weighted by atomic mass is 10.1. The summed E-state index contributed by atoms with van der Waals surface area (Å²) in [6.45, 7) is 2.30. The number of benzene rings is 1. The number of aromatic amines is 1. The van der Waals surface area contributed by atoms with Gasteiger partial charge in [0.1, 0.15) is 11.6 Å². The fourth-order valence-electron chi connectivity index (χ4n) is 3.49. The van der Waals surface area contributed by atoms with Gasteiger partial charge in [0.15, 0.2) is 0 Å². The average molecular weight is 403 g/mol. The van der Waals surface area contributed by atoms with Gasteiger partial charge in [0, 0.05) is 43.0 Å². The second kappa shape index (κ2) is 7.31. The maximum absolute atomic E-state index is 13.5. The van der Waals surface area contributed by atoms with Gasteiger partial charge in [0.25, 0.3) is 5.92 Å². The quantitative estimate of drug-likeness (QED) is 0.583. The molecule has 6 nitrogen and oxygen atoms in total. The van der Waals surface area contributed by atoms with E-state index >= 15 is 0 Å². The second-order valence-electron chi connectivity index (χ2n) is 7.18. The molecule has 29 heavy (non-hydrogen) atoms. The zero-order chi connectivity index (χ0) is 20.6. The molecule has 3 N–H and O–H groups in total. The van der Waals surface area contributed by atoms with Crippen molar-refractivity contribution >= 4 is 34.1 Å². The molecule has 2 amide bonds. The molecule has 1 fully saturated rings. The zero-order valence-corrected chi connectivity index (χ0v) is 15.7. The Morgan fingerprint density at radius 1 is 1.21 bits per heavy atom. The van der Waals surface area contributed by atoms with Crippen LogP contribution in [0.25, 0.3) is 10.9 Å². The summed E-state index contributed by atoms with van der Waals surface area (Å²) in [6.07, 6.45) is 2.69. The summed E-state index contributed by atoms with van der Waals surface area (Å²) in [5.74, 6) is -2.38. The van der Waals surface area contributed by atoms with Crippen molar-refractivity contribution in [2.45, 2.75) is 25.7 Å². The Kier molecular flexibility index (Phi) is 4.81. The van der Waals surface area contributed by atoms with Crippen molar-refractivity contribution in [3.8, 4) is 0 Å². The number of rotatable bonds is 3. The number of hydrogen-bond acceptors (Lipinski definition) is 3. The highest BCUT2D eigenvalue weighted by atomic mass is 19.3. The number of hydrogen-bond donors (Lipinski definition) is 3. The summed E-state index contributed by atoms with van der Waals surface area (Å²) < 4.78 is 40.2. The molecular formula is C20H20F3N5O. The standard InChI is InChI=1S/C20H20F3N5O/c1-12-8-14(10-25-18(12)28-6-4-20(22,23)5-7-28)26-19(29)27-17-11-24-16-3-2-13(21)9-15(16)17/h2-3,8-11,24H,4-7H2,1H3,(H2,26,27,29). The summed E-state index contributed by atoms with van der Waals surface area (Å²) in [6, 6.07) is 5.51. The van der Waals surface area contributed by atoms with Crippen molar-refractivity contribution in [3.63, 3.8) is 0 Å². The summed E-state index contributed by atoms with van der Waals surface area (Å²) in [7, 11) is 0. The molecule has 0 spiro atoms. The summed E-state index contributed by atoms with van der Waals surface area (Å²) in [5.41, 5.74) is 2.41. The number of H-pyrrole nitrogens is 1. The Hall–Kier alpha value is -3.23. The number of nitrogens with one attached hydrogen (secondary N) is 3. The maximum atomic E-state index is 13.5. The third kappa shape index (κ3) is 4.13. The molecule has 0 bridgehead atoms. The van der Waals surface area contributed by atoms with Gasteiger partial charge in [-0.3, -0.25) is 0 Å². The number of aromatic nitrogens is 2. The van der Waals surface area contributed by atoms with Gasteiger partial charge in [-0.2, -0.15) is 0 Å². The van der Waals surface area contributed by atoms with Gasteiger partial charge < -0.3 is 20.5 Å². The molecule has 0 radical (unpaired) electrons. The normalized spacial score (nSPS) is 16.1. The molecule has 0 unspecified atom stereocenters. The number of anilines is 3. The topological polar surface area (TPSA) is 73.0 Å². The largest absolute Gasteiger partial charge is 0.359 e. The Labute approximate surface area is 165 Å². The van der Waals surface area contributed by atoms with Crippen molar-refractivity contribution < 1.29 is 18.0 Å². The minimum Gasteiger partial charge on any atom is -0.359 e. The maximum Gasteiger partial charge on any atom is 0.323 e. The van der Waals surface area contributed by atoms with E-state index in [0.29, 0.717) is 28.1 Å². The predicted octanol–water partition coefficient (Wildman–Crippen LogP) is 4.89. The lowest BCUT2D eigenvalue weighted by molar-refractivity contribution is -0.0221. The summed E-state index contributed by atoms with van der Waals surface area (Å²) in [4.78, 5) is 21.5. The van der Waals surface area contributed by atoms with Crippen LogP contribution in [0.4, 0.5) is 35.2 Å². The van der Waals surface area contributed by atoms with Gasteiger partial charge in [-0.25, -0.2) is 22.9 Å². The van der Waals surface area contributed by atoms with Crippen molar-refractivity contribution in [2.75, 3.05) is 28.6 Å². The van der Waals surface area contributed by atoms with Crippen molar-refractivity contribution in [3.05, 3.63) is 48.0 Å². The third-order valence-corrected chi connectivity index (χ3v) is 4.99. The number of fused-ring (bicyclic) bond motifs is 1. The Bertz CT molecular complexity index is 1060. The number of nitrogens with zero attached hydrogens (tertiary/aromatic N) is 2. The molecule has 1 aliphatic heterocycles. The number of aryl methyl sites for hydroxylation is 1. The predicted molar refractivity (Wildman–Crippen MR) is 106 cm³/mol. The molecule has 0 saturated carbocycles. The smallest absolute Gasteiger partial charge is 0.323 e. The van der Waals surface area contributed by atoms with Gasteiger partial charge >= 0.3 is 6.03 Å². The molecule has 3 aromatic rings. The molecule has 4 rings (SSSR count). The number of alkyl halides is 2. The van der Waals surface area contributed by atoms with E-state index in [2.05, 4.69) is 20.6 Å². The molecule has 152 valence electrons. The molecule has 0 atom stereocenters. The lowest BCUT2D eigenvalue weighted by Gasteiger charge is -2.33. The van der Waals surface area contributed by atoms with Crippen LogP contribution in [0.1, 0.15) is 18.4 Å². The van der Waals surface area contributed by atoms with Crippen LogP contribution in [-0.2, 0) is 0 Å². The Morgan fingerprint density at radius 3 is 2.69 bits per heavy atom. The van der Waals surface area contributed by atoms with Crippen molar-refractivity contribution in [1.29, 1.82) is 0 Å². The fraction of sp³-hybridized carbons (Fsp3) is 0.300. The molecule has 0 aliphatic carbocycles. The highest BCUT2D eigenvalue weighted by Gasteiger charge is 2.34. The van der Waals surface area contributed by atoms with E-state index in [4.69, 9.17) is 0 Å². The molecule has 3 heterocycles. The number of pyridine rings is 1. The fourth-order valence-corrected chi connectivity index (χ4v) is 3.49. The first kappa shape index (κ1) is 19.1. The van der Waals surface area contributed by atoms with E-state index in [1.807, 2.05) is 11.8 Å². The van der Waals surface area contributed by atoms with E-state index in [0.717, 1.165) is 5.56 Å². The molecule has 1 saturated heterocycles. The van der Waals surface area contributed by atoms with Crippen LogP contribution >= 0.6 is 0 Å². The van der Waals surface area contributed by atoms with E-state index in [1.165, 1.54) is 18.3 Å². The minimum absolute atomic E-state index is 0.193. The average Bonchev–Trinajstić information content (AvgIpc) is 3.04. The van der Waals surface area contributed by atoms with Crippen LogP contribution < -0.4 is 15.5 Å². The summed E-state index contributed by atoms with van der Waals surface area (Å²) in [5, 5.41) is 5.92. The first-order chi connectivity index (χ1) is 13.8. The molecule has 1 aliphatic rings. The highest BCUT2D eigenvalue weighted by molar-refractivity contribution is 6.05. The van der Waals surface area contributed by atoms with Crippen molar-refractivity contribution in [2.24, 2.45) is 0 Å². The number of carbonyl (C=O) groups is 1. The second-order valence-corrected chi connectivity index (χ2v) is 7.18. The first-order valence-corrected chi connectivity index (χ1v) is 9.25. The van der Waals surface area contributed by atoms with E-state index in [9.17, 15) is 18.0 Å². The van der Waals surface area contributed by atoms with Crippen LogP contribution in [0, 0.1) is 12.7 Å². The van der Waals surface area contributed by atoms with Crippen LogP contribution in [0.3, 0.4) is 0 Å². The van der Waals surface area contributed by atoms with Crippen molar-refractivity contribution in [1.82, 2.24) is 9.97 Å². The van der Waals surface area contributed by atoms with Gasteiger partial charge in [0.2, 0.25) is 0 Å². The van der Waals surface area contributed by atoms with E-state index in [1.54, 1.807) is 18.3 Å². The Balaban J connectivity index is 1.43. The van der Waals surface area contributed by atoms with Gasteiger partial charge in [-0.15, -0.1) is 0 Å². The Morgan fingerprint density at radius 2 is 1.97 bits per heavy atom. The molecule has 2 aromatic heterocycles. The van der Waals surface area contributed by atoms with Gasteiger partial charge in [-0.05, 0) is 36.8 Å². The number of amides is 2. The summed E-state index contributed by atoms with van der Waals surface area (Å²) >= 11 is 0. The van der Waals surface area contributed by atoms with Crippen LogP contribution in [0.2, 0.25) is 0 Å².